The summed E-state index contributed by atoms with van der Waals surface area (Å²) < 4.78 is 22.3. The van der Waals surface area contributed by atoms with Gasteiger partial charge in [0.05, 0.1) is 59.9 Å². The number of nitrogens with one attached hydrogen (secondary N) is 1. The molecule has 5 rings (SSSR count). The molecule has 2 atom stereocenters. The van der Waals surface area contributed by atoms with Gasteiger partial charge in [0.2, 0.25) is 0 Å². The minimum atomic E-state index is -0.518. The lowest BCUT2D eigenvalue weighted by molar-refractivity contribution is 0.120. The van der Waals surface area contributed by atoms with Crippen molar-refractivity contribution in [3.63, 3.8) is 0 Å². The Hall–Kier alpha value is -3.27. The topological polar surface area (TPSA) is 94.2 Å². The van der Waals surface area contributed by atoms with E-state index in [0.29, 0.717) is 52.8 Å². The second kappa shape index (κ2) is 8.93. The third kappa shape index (κ3) is 4.22. The fourth-order valence-electron chi connectivity index (χ4n) is 3.91. The van der Waals surface area contributed by atoms with Gasteiger partial charge in [0.25, 0.3) is 5.56 Å². The summed E-state index contributed by atoms with van der Waals surface area (Å²) in [5.74, 6) is 0.163. The molecule has 0 spiro atoms. The molecule has 2 N–H and O–H groups in total. The number of aromatic nitrogens is 4. The molecule has 10 heteroatoms. The van der Waals surface area contributed by atoms with E-state index in [4.69, 9.17) is 16.3 Å². The van der Waals surface area contributed by atoms with Gasteiger partial charge >= 0.3 is 0 Å². The maximum Gasteiger partial charge on any atom is 0.266 e. The van der Waals surface area contributed by atoms with E-state index in [1.54, 1.807) is 41.2 Å². The lowest BCUT2D eigenvalue weighted by Gasteiger charge is -2.15. The maximum atomic E-state index is 14.1. The minimum absolute atomic E-state index is 0.0368. The smallest absolute Gasteiger partial charge is 0.266 e. The highest BCUT2D eigenvalue weighted by atomic mass is 35.5. The van der Waals surface area contributed by atoms with Crippen LogP contribution < -0.4 is 10.9 Å². The molecule has 8 nitrogen and oxygen atoms in total. The number of anilines is 1. The van der Waals surface area contributed by atoms with Gasteiger partial charge in [0, 0.05) is 30.3 Å². The fourth-order valence-corrected chi connectivity index (χ4v) is 4.10. The highest BCUT2D eigenvalue weighted by molar-refractivity contribution is 6.32. The summed E-state index contributed by atoms with van der Waals surface area (Å²) in [7, 11) is 0. The molecule has 0 saturated carbocycles. The van der Waals surface area contributed by atoms with Crippen molar-refractivity contribution in [2.24, 2.45) is 5.92 Å². The lowest BCUT2D eigenvalue weighted by Crippen LogP contribution is -2.25. The zero-order valence-corrected chi connectivity index (χ0v) is 18.2. The van der Waals surface area contributed by atoms with Gasteiger partial charge in [-0.15, -0.1) is 0 Å². The number of pyridine rings is 2. The third-order valence-corrected chi connectivity index (χ3v) is 6.08. The van der Waals surface area contributed by atoms with E-state index >= 15 is 0 Å². The summed E-state index contributed by atoms with van der Waals surface area (Å²) in [6.45, 7) is 1.49. The molecule has 0 bridgehead atoms. The Morgan fingerprint density at radius 2 is 2.09 bits per heavy atom. The predicted octanol–water partition coefficient (Wildman–Crippen LogP) is 2.84. The van der Waals surface area contributed by atoms with E-state index in [9.17, 15) is 14.3 Å². The van der Waals surface area contributed by atoms with E-state index in [1.165, 1.54) is 23.0 Å². The quantitative estimate of drug-likeness (QED) is 0.451. The Labute approximate surface area is 193 Å². The summed E-state index contributed by atoms with van der Waals surface area (Å²) in [6, 6.07) is 9.90. The average molecular weight is 470 g/mol. The van der Waals surface area contributed by atoms with Gasteiger partial charge in [-0.1, -0.05) is 29.8 Å². The van der Waals surface area contributed by atoms with Crippen molar-refractivity contribution in [2.75, 3.05) is 25.1 Å². The van der Waals surface area contributed by atoms with Crippen LogP contribution in [-0.4, -0.2) is 50.3 Å². The normalized spacial score (nSPS) is 18.2. The zero-order valence-electron chi connectivity index (χ0n) is 17.5. The molecule has 0 radical (unpaired) electrons. The first-order chi connectivity index (χ1) is 16.0. The Balaban J connectivity index is 1.44. The number of halogens is 2. The lowest BCUT2D eigenvalue weighted by atomic mass is 10.1. The molecule has 170 valence electrons. The molecule has 4 heterocycles. The van der Waals surface area contributed by atoms with Crippen molar-refractivity contribution in [2.45, 2.75) is 12.6 Å². The van der Waals surface area contributed by atoms with Crippen molar-refractivity contribution < 1.29 is 14.2 Å². The largest absolute Gasteiger partial charge is 0.390 e. The van der Waals surface area contributed by atoms with Crippen LogP contribution in [0.5, 0.6) is 0 Å². The molecule has 33 heavy (non-hydrogen) atoms. The van der Waals surface area contributed by atoms with Gasteiger partial charge in [-0.3, -0.25) is 14.0 Å². The third-order valence-electron chi connectivity index (χ3n) is 5.79. The number of rotatable bonds is 6. The second-order valence-corrected chi connectivity index (χ2v) is 8.36. The first-order valence-corrected chi connectivity index (χ1v) is 10.9. The van der Waals surface area contributed by atoms with Crippen molar-refractivity contribution in [1.29, 1.82) is 0 Å². The highest BCUT2D eigenvalue weighted by Gasteiger charge is 2.26. The number of hydrogen-bond donors (Lipinski definition) is 2. The van der Waals surface area contributed by atoms with Crippen LogP contribution in [0.3, 0.4) is 0 Å². The minimum Gasteiger partial charge on any atom is -0.390 e. The van der Waals surface area contributed by atoms with E-state index in [2.05, 4.69) is 15.4 Å². The van der Waals surface area contributed by atoms with E-state index in [0.717, 1.165) is 0 Å². The average Bonchev–Trinajstić information content (AvgIpc) is 3.42. The molecule has 0 amide bonds. The van der Waals surface area contributed by atoms with E-state index < -0.39 is 6.10 Å². The molecule has 1 saturated heterocycles. The molecule has 1 fully saturated rings. The van der Waals surface area contributed by atoms with Crippen LogP contribution in [0.2, 0.25) is 5.02 Å². The number of hydrogen-bond acceptors (Lipinski definition) is 6. The number of fused-ring (bicyclic) bond motifs is 1. The number of benzene rings is 1. The van der Waals surface area contributed by atoms with Crippen molar-refractivity contribution in [3.8, 4) is 5.69 Å². The zero-order chi connectivity index (χ0) is 22.9. The van der Waals surface area contributed by atoms with Crippen LogP contribution in [0.25, 0.3) is 16.6 Å². The summed E-state index contributed by atoms with van der Waals surface area (Å²) in [5, 5.41) is 18.1. The first-order valence-electron chi connectivity index (χ1n) is 10.5. The van der Waals surface area contributed by atoms with Crippen molar-refractivity contribution in [3.05, 3.63) is 81.7 Å². The van der Waals surface area contributed by atoms with Crippen LogP contribution >= 0.6 is 11.6 Å². The van der Waals surface area contributed by atoms with Gasteiger partial charge < -0.3 is 15.2 Å². The molecule has 1 aliphatic heterocycles. The maximum absolute atomic E-state index is 14.1. The molecule has 0 aliphatic carbocycles. The van der Waals surface area contributed by atoms with Crippen LogP contribution in [0, 0.1) is 11.7 Å². The fraction of sp³-hybridized carbons (Fsp3) is 0.261. The Morgan fingerprint density at radius 1 is 1.24 bits per heavy atom. The number of aliphatic hydroxyl groups excluding tert-OH is 1. The SMILES string of the molecule is O=c1c2cnn(Cc3ccccc3F)c2ccn1-c1cc(NCC2COC[C@@H]2O)ncc1Cl. The van der Waals surface area contributed by atoms with Crippen molar-refractivity contribution >= 4 is 28.3 Å². The summed E-state index contributed by atoms with van der Waals surface area (Å²) in [6.07, 6.45) is 4.04. The molecule has 1 aromatic carbocycles. The van der Waals surface area contributed by atoms with Gasteiger partial charge in [-0.2, -0.15) is 5.10 Å². The van der Waals surface area contributed by atoms with Gasteiger partial charge in [0.1, 0.15) is 11.6 Å². The van der Waals surface area contributed by atoms with Crippen LogP contribution in [0.15, 0.2) is 59.8 Å². The summed E-state index contributed by atoms with van der Waals surface area (Å²) >= 11 is 6.36. The molecule has 1 aliphatic rings. The first kappa shape index (κ1) is 21.6. The van der Waals surface area contributed by atoms with Crippen molar-refractivity contribution in [1.82, 2.24) is 19.3 Å². The van der Waals surface area contributed by atoms with Crippen LogP contribution in [0.1, 0.15) is 5.56 Å². The Morgan fingerprint density at radius 3 is 2.88 bits per heavy atom. The molecule has 4 aromatic rings. The van der Waals surface area contributed by atoms with Crippen LogP contribution in [0.4, 0.5) is 10.2 Å². The highest BCUT2D eigenvalue weighted by Crippen LogP contribution is 2.23. The van der Waals surface area contributed by atoms with Crippen LogP contribution in [-0.2, 0) is 11.3 Å². The van der Waals surface area contributed by atoms with Gasteiger partial charge in [-0.25, -0.2) is 9.37 Å². The summed E-state index contributed by atoms with van der Waals surface area (Å²) in [5.41, 5.74) is 1.24. The standard InChI is InChI=1S/C23H21ClFN5O3/c24-17-10-27-22(26-8-15-12-33-13-21(15)31)7-20(17)29-6-5-19-16(23(29)32)9-28-30(19)11-14-3-1-2-4-18(14)25/h1-7,9-10,15,21,31H,8,11-13H2,(H,26,27)/t15?,21-/m0/s1. The number of aliphatic hydroxyl groups is 1. The second-order valence-electron chi connectivity index (χ2n) is 7.95. The van der Waals surface area contributed by atoms with Gasteiger partial charge in [-0.05, 0) is 12.1 Å². The number of ether oxygens (including phenoxy) is 1. The molecule has 3 aromatic heterocycles. The van der Waals surface area contributed by atoms with E-state index in [-0.39, 0.29) is 23.8 Å². The summed E-state index contributed by atoms with van der Waals surface area (Å²) in [4.78, 5) is 17.5. The van der Waals surface area contributed by atoms with Gasteiger partial charge in [0.15, 0.2) is 0 Å². The Bertz CT molecular complexity index is 1370. The monoisotopic (exact) mass is 469 g/mol. The molecule has 1 unspecified atom stereocenters. The number of nitrogens with zero attached hydrogens (tertiary/aromatic N) is 4. The van der Waals surface area contributed by atoms with E-state index in [1.807, 2.05) is 0 Å². The molecular weight excluding hydrogens is 449 g/mol. The Kier molecular flexibility index (Phi) is 5.84. The molecular formula is C23H21ClFN5O3. The predicted molar refractivity (Wildman–Crippen MR) is 122 cm³/mol.